The van der Waals surface area contributed by atoms with E-state index < -0.39 is 31.0 Å². The number of carbonyl (C=O) groups is 1. The molecular weight excluding hydrogens is 367 g/mol. The first-order valence-corrected chi connectivity index (χ1v) is 10.8. The molecule has 2 aliphatic heterocycles. The number of aliphatic imine (C=N–C) groups is 1. The van der Waals surface area contributed by atoms with Crippen molar-refractivity contribution >= 4 is 27.0 Å². The van der Waals surface area contributed by atoms with Crippen LogP contribution in [-0.4, -0.2) is 45.4 Å². The molecule has 148 valence electrons. The Balaban J connectivity index is 1.99. The summed E-state index contributed by atoms with van der Waals surface area (Å²) in [5, 5.41) is 0. The molecule has 0 amide bonds. The van der Waals surface area contributed by atoms with Crippen molar-refractivity contribution in [2.24, 2.45) is 16.1 Å². The van der Waals surface area contributed by atoms with Crippen LogP contribution in [0.2, 0.25) is 0 Å². The van der Waals surface area contributed by atoms with E-state index in [0.717, 1.165) is 0 Å². The summed E-state index contributed by atoms with van der Waals surface area (Å²) in [6.07, 6.45) is 0.188. The maximum atomic E-state index is 14.7. The highest BCUT2D eigenvalue weighted by atomic mass is 32.2. The van der Waals surface area contributed by atoms with Crippen LogP contribution >= 0.6 is 0 Å². The molecule has 2 aliphatic rings. The summed E-state index contributed by atoms with van der Waals surface area (Å²) < 4.78 is 32.1. The summed E-state index contributed by atoms with van der Waals surface area (Å²) >= 11 is 0. The average molecular weight is 395 g/mol. The summed E-state index contributed by atoms with van der Waals surface area (Å²) in [5.41, 5.74) is 5.51. The van der Waals surface area contributed by atoms with Gasteiger partial charge in [0, 0.05) is 17.7 Å². The molecule has 3 rings (SSSR count). The first-order chi connectivity index (χ1) is 12.3. The van der Waals surface area contributed by atoms with E-state index in [1.807, 2.05) is 6.92 Å². The van der Waals surface area contributed by atoms with Crippen LogP contribution in [-0.2, 0) is 31.0 Å². The highest BCUT2D eigenvalue weighted by Crippen LogP contribution is 2.38. The van der Waals surface area contributed by atoms with Crippen molar-refractivity contribution in [1.29, 1.82) is 0 Å². The van der Waals surface area contributed by atoms with E-state index in [1.165, 1.54) is 6.07 Å². The molecule has 0 saturated carbocycles. The van der Waals surface area contributed by atoms with E-state index in [0.29, 0.717) is 18.8 Å². The number of halogens is 1. The second-order valence-electron chi connectivity index (χ2n) is 8.70. The Labute approximate surface area is 160 Å². The van der Waals surface area contributed by atoms with Crippen molar-refractivity contribution in [3.8, 4) is 0 Å². The third-order valence-corrected chi connectivity index (χ3v) is 9.02. The normalized spacial score (nSPS) is 31.7. The quantitative estimate of drug-likeness (QED) is 0.793. The monoisotopic (exact) mass is 394 g/mol. The van der Waals surface area contributed by atoms with Crippen molar-refractivity contribution in [2.75, 3.05) is 19.0 Å². The Morgan fingerprint density at radius 3 is 2.48 bits per heavy atom. The van der Waals surface area contributed by atoms with Crippen LogP contribution in [0.3, 0.4) is 0 Å². The van der Waals surface area contributed by atoms with E-state index in [2.05, 4.69) is 10.9 Å². The smallest absolute Gasteiger partial charge is 0.147 e. The molecular formula is C20H27FN2O3S. The number of rotatable bonds is 4. The van der Waals surface area contributed by atoms with Gasteiger partial charge in [-0.15, -0.1) is 0 Å². The Morgan fingerprint density at radius 2 is 1.96 bits per heavy atom. The number of ketones is 1. The van der Waals surface area contributed by atoms with Crippen LogP contribution in [0.4, 0.5) is 4.39 Å². The maximum absolute atomic E-state index is 14.7. The van der Waals surface area contributed by atoms with Gasteiger partial charge in [-0.25, -0.2) is 4.39 Å². The van der Waals surface area contributed by atoms with Crippen LogP contribution < -0.4 is 5.73 Å². The summed E-state index contributed by atoms with van der Waals surface area (Å²) in [4.78, 5) is 17.1. The molecule has 2 heterocycles. The molecule has 0 bridgehead atoms. The minimum atomic E-state index is -2.64. The molecule has 0 spiro atoms. The van der Waals surface area contributed by atoms with Gasteiger partial charge < -0.3 is 10.5 Å². The minimum absolute atomic E-state index is 0.0604. The molecule has 1 unspecified atom stereocenters. The molecule has 1 aromatic carbocycles. The number of hydrogen-bond acceptors (Lipinski definition) is 5. The van der Waals surface area contributed by atoms with Crippen molar-refractivity contribution in [2.45, 2.75) is 44.4 Å². The number of ether oxygens (including phenoxy) is 1. The number of nitrogens with two attached hydrogens (primary N) is 1. The molecule has 27 heavy (non-hydrogen) atoms. The van der Waals surface area contributed by atoms with Gasteiger partial charge in [0.1, 0.15) is 17.4 Å². The van der Waals surface area contributed by atoms with E-state index in [-0.39, 0.29) is 29.4 Å². The molecule has 1 fully saturated rings. The molecule has 2 atom stereocenters. The number of benzene rings is 1. The van der Waals surface area contributed by atoms with Crippen LogP contribution in [0.25, 0.3) is 0 Å². The lowest BCUT2D eigenvalue weighted by Crippen LogP contribution is -2.54. The van der Waals surface area contributed by atoms with Crippen molar-refractivity contribution in [1.82, 2.24) is 0 Å². The maximum Gasteiger partial charge on any atom is 0.147 e. The van der Waals surface area contributed by atoms with Gasteiger partial charge in [0.05, 0.1) is 28.9 Å². The van der Waals surface area contributed by atoms with Crippen LogP contribution in [0, 0.1) is 11.2 Å². The first kappa shape index (κ1) is 20.0. The van der Waals surface area contributed by atoms with Gasteiger partial charge in [-0.2, -0.15) is 0 Å². The third kappa shape index (κ3) is 3.21. The molecule has 0 aromatic heterocycles. The zero-order valence-electron chi connectivity index (χ0n) is 16.3. The highest BCUT2D eigenvalue weighted by Gasteiger charge is 2.46. The summed E-state index contributed by atoms with van der Waals surface area (Å²) in [6, 6.07) is 4.57. The lowest BCUT2D eigenvalue weighted by Gasteiger charge is -2.41. The molecule has 0 aliphatic carbocycles. The van der Waals surface area contributed by atoms with Crippen LogP contribution in [0.1, 0.15) is 38.8 Å². The van der Waals surface area contributed by atoms with Gasteiger partial charge in [-0.1, -0.05) is 6.07 Å². The second-order valence-corrected chi connectivity index (χ2v) is 11.6. The fraction of sp³-hybridized carbons (Fsp3) is 0.550. The highest BCUT2D eigenvalue weighted by molar-refractivity contribution is 8.02. The Morgan fingerprint density at radius 1 is 1.33 bits per heavy atom. The zero-order valence-corrected chi connectivity index (χ0v) is 17.1. The van der Waals surface area contributed by atoms with Crippen LogP contribution in [0.15, 0.2) is 23.2 Å². The Bertz CT molecular complexity index is 933. The summed E-state index contributed by atoms with van der Waals surface area (Å²) in [6.45, 7) is 7.90. The molecule has 1 saturated heterocycles. The molecule has 7 heteroatoms. The number of carbonyl (C=O) groups excluding carboxylic acids is 1. The van der Waals surface area contributed by atoms with E-state index >= 15 is 0 Å². The van der Waals surface area contributed by atoms with Crippen molar-refractivity contribution in [3.63, 3.8) is 0 Å². The number of nitrogens with zero attached hydrogens (tertiary/aromatic N) is 1. The van der Waals surface area contributed by atoms with Gasteiger partial charge in [-0.3, -0.25) is 14.0 Å². The molecule has 1 aromatic rings. The van der Waals surface area contributed by atoms with E-state index in [4.69, 9.17) is 10.5 Å². The number of amidine groups is 1. The predicted octanol–water partition coefficient (Wildman–Crippen LogP) is 2.05. The fourth-order valence-corrected chi connectivity index (χ4v) is 5.37. The standard InChI is InChI=1S/C20H27FN2O3S/c1-18(2)17(22)23-20(4,12-27(18,5)25)14-8-13(6-7-15(14)21)9-16(24)19(3)10-26-11-19/h6-8H,5,9-12H2,1-4H3,(H2,22,23)/t20-,27?/m0/s1. The SMILES string of the molecule is C=S1(=O)C[C@@](C)(c2cc(CC(=O)C3(C)COC3)ccc2F)N=C(N)C1(C)C. The molecule has 5 nitrogen and oxygen atoms in total. The van der Waals surface area contributed by atoms with Gasteiger partial charge in [0.15, 0.2) is 0 Å². The average Bonchev–Trinajstić information content (AvgIpc) is 2.52. The number of Topliss-reactive ketones (excluding diaryl/α,β-unsaturated/α-hetero) is 1. The number of hydrogen-bond donors (Lipinski definition) is 1. The third-order valence-electron chi connectivity index (χ3n) is 5.92. The predicted molar refractivity (Wildman–Crippen MR) is 107 cm³/mol. The van der Waals surface area contributed by atoms with Crippen LogP contribution in [0.5, 0.6) is 0 Å². The lowest BCUT2D eigenvalue weighted by molar-refractivity contribution is -0.154. The van der Waals surface area contributed by atoms with E-state index in [9.17, 15) is 13.4 Å². The Hall–Kier alpha value is -1.73. The second kappa shape index (κ2) is 6.14. The van der Waals surface area contributed by atoms with Crippen molar-refractivity contribution in [3.05, 3.63) is 35.1 Å². The lowest BCUT2D eigenvalue weighted by atomic mass is 9.80. The zero-order chi connectivity index (χ0) is 20.3. The Kier molecular flexibility index (Phi) is 4.55. The molecule has 2 N–H and O–H groups in total. The summed E-state index contributed by atoms with van der Waals surface area (Å²) in [7, 11) is -2.64. The van der Waals surface area contributed by atoms with Gasteiger partial charge in [0.2, 0.25) is 0 Å². The summed E-state index contributed by atoms with van der Waals surface area (Å²) in [5.74, 6) is 3.78. The topological polar surface area (TPSA) is 81.8 Å². The molecule has 0 radical (unpaired) electrons. The van der Waals surface area contributed by atoms with E-state index in [1.54, 1.807) is 32.9 Å². The van der Waals surface area contributed by atoms with Gasteiger partial charge >= 0.3 is 0 Å². The largest absolute Gasteiger partial charge is 0.386 e. The van der Waals surface area contributed by atoms with Crippen molar-refractivity contribution < 1.29 is 18.1 Å². The van der Waals surface area contributed by atoms with Gasteiger partial charge in [0.25, 0.3) is 0 Å². The van der Waals surface area contributed by atoms with Gasteiger partial charge in [-0.05, 0) is 60.8 Å². The minimum Gasteiger partial charge on any atom is -0.386 e. The fourth-order valence-electron chi connectivity index (χ4n) is 3.46. The first-order valence-electron chi connectivity index (χ1n) is 8.91.